The Balaban J connectivity index is 2.12. The molecule has 1 heterocycles. The number of allylic oxidation sites excluding steroid dienone is 2. The molecule has 0 aliphatic heterocycles. The Morgan fingerprint density at radius 3 is 3.00 bits per heavy atom. The zero-order chi connectivity index (χ0) is 10.7. The highest BCUT2D eigenvalue weighted by Gasteiger charge is 2.00. The van der Waals surface area contributed by atoms with E-state index in [1.54, 1.807) is 0 Å². The van der Waals surface area contributed by atoms with Gasteiger partial charge in [-0.3, -0.25) is 0 Å². The number of hydrogen-bond acceptors (Lipinski definition) is 1. The molecule has 3 heteroatoms. The third-order valence-corrected chi connectivity index (χ3v) is 2.40. The maximum absolute atomic E-state index is 5.75. The number of nitrogens with one attached hydrogen (secondary N) is 1. The summed E-state index contributed by atoms with van der Waals surface area (Å²) >= 11 is 5.75. The van der Waals surface area contributed by atoms with E-state index in [1.807, 2.05) is 37.3 Å². The lowest BCUT2D eigenvalue weighted by atomic mass is 10.3. The number of H-pyrrole nitrogens is 1. The zero-order valence-electron chi connectivity index (χ0n) is 8.63. The van der Waals surface area contributed by atoms with Gasteiger partial charge in [0.1, 0.15) is 5.82 Å². The van der Waals surface area contributed by atoms with Gasteiger partial charge < -0.3 is 4.98 Å². The van der Waals surface area contributed by atoms with Crippen molar-refractivity contribution < 1.29 is 0 Å². The van der Waals surface area contributed by atoms with Crippen molar-refractivity contribution in [2.24, 2.45) is 0 Å². The number of hydrogen-bond donors (Lipinski definition) is 1. The molecule has 0 saturated heterocycles. The summed E-state index contributed by atoms with van der Waals surface area (Å²) in [6, 6.07) is 8.05. The topological polar surface area (TPSA) is 28.7 Å². The lowest BCUT2D eigenvalue weighted by Gasteiger charge is -1.91. The molecule has 78 valence electrons. The van der Waals surface area contributed by atoms with Crippen molar-refractivity contribution in [3.63, 3.8) is 0 Å². The summed E-state index contributed by atoms with van der Waals surface area (Å²) < 4.78 is 0. The number of aromatic nitrogens is 2. The Morgan fingerprint density at radius 2 is 2.27 bits per heavy atom. The van der Waals surface area contributed by atoms with Crippen LogP contribution in [0.3, 0.4) is 0 Å². The minimum Gasteiger partial charge on any atom is -0.342 e. The second kappa shape index (κ2) is 4.49. The Morgan fingerprint density at radius 1 is 1.47 bits per heavy atom. The van der Waals surface area contributed by atoms with E-state index in [1.165, 1.54) is 0 Å². The van der Waals surface area contributed by atoms with E-state index >= 15 is 0 Å². The van der Waals surface area contributed by atoms with Crippen molar-refractivity contribution in [2.75, 3.05) is 0 Å². The van der Waals surface area contributed by atoms with Gasteiger partial charge >= 0.3 is 0 Å². The second-order valence-electron chi connectivity index (χ2n) is 3.53. The van der Waals surface area contributed by atoms with Crippen molar-refractivity contribution in [1.82, 2.24) is 9.97 Å². The molecular formula is C12H13ClN2. The van der Waals surface area contributed by atoms with Gasteiger partial charge in [-0.1, -0.05) is 29.8 Å². The average molecular weight is 221 g/mol. The third kappa shape index (κ3) is 2.60. The summed E-state index contributed by atoms with van der Waals surface area (Å²) in [5.74, 6) is 1.02. The van der Waals surface area contributed by atoms with Gasteiger partial charge in [-0.25, -0.2) is 4.98 Å². The maximum atomic E-state index is 5.75. The van der Waals surface area contributed by atoms with Crippen molar-refractivity contribution in [3.05, 3.63) is 41.2 Å². The summed E-state index contributed by atoms with van der Waals surface area (Å²) in [6.45, 7) is 1.89. The first kappa shape index (κ1) is 10.2. The van der Waals surface area contributed by atoms with Gasteiger partial charge in [0.05, 0.1) is 11.0 Å². The molecular weight excluding hydrogens is 208 g/mol. The molecule has 2 nitrogen and oxygen atoms in total. The lowest BCUT2D eigenvalue weighted by Crippen LogP contribution is -1.85. The third-order valence-electron chi connectivity index (χ3n) is 2.25. The van der Waals surface area contributed by atoms with Crippen LogP contribution >= 0.6 is 11.6 Å². The minimum absolute atomic E-state index is 0.839. The van der Waals surface area contributed by atoms with E-state index < -0.39 is 0 Å². The van der Waals surface area contributed by atoms with E-state index in [0.29, 0.717) is 0 Å². The van der Waals surface area contributed by atoms with Crippen LogP contribution in [0.4, 0.5) is 0 Å². The zero-order valence-corrected chi connectivity index (χ0v) is 9.38. The summed E-state index contributed by atoms with van der Waals surface area (Å²) in [6.07, 6.45) is 3.84. The molecule has 0 aliphatic carbocycles. The van der Waals surface area contributed by atoms with Crippen LogP contribution in [0.15, 0.2) is 35.4 Å². The molecule has 0 aliphatic rings. The standard InChI is InChI=1S/C12H13ClN2/c1-9(13)5-4-8-12-14-10-6-2-3-7-11(10)15-12/h2-3,5-7H,4,8H2,1H3,(H,14,15)/b9-5-. The first-order valence-corrected chi connectivity index (χ1v) is 5.39. The molecule has 2 rings (SSSR count). The number of nitrogens with zero attached hydrogens (tertiary/aromatic N) is 1. The Hall–Kier alpha value is -1.28. The highest BCUT2D eigenvalue weighted by Crippen LogP contribution is 2.12. The normalized spacial score (nSPS) is 12.3. The Labute approximate surface area is 94.0 Å². The van der Waals surface area contributed by atoms with Crippen LogP contribution in [-0.4, -0.2) is 9.97 Å². The predicted octanol–water partition coefficient (Wildman–Crippen LogP) is 3.64. The molecule has 0 spiro atoms. The van der Waals surface area contributed by atoms with Crippen molar-refractivity contribution >= 4 is 22.6 Å². The van der Waals surface area contributed by atoms with E-state index in [2.05, 4.69) is 9.97 Å². The van der Waals surface area contributed by atoms with Crippen LogP contribution in [0, 0.1) is 0 Å². The molecule has 0 saturated carbocycles. The van der Waals surface area contributed by atoms with Gasteiger partial charge in [0.2, 0.25) is 0 Å². The van der Waals surface area contributed by atoms with E-state index in [-0.39, 0.29) is 0 Å². The monoisotopic (exact) mass is 220 g/mol. The number of aromatic amines is 1. The van der Waals surface area contributed by atoms with Crippen LogP contribution in [0.2, 0.25) is 0 Å². The first-order valence-electron chi connectivity index (χ1n) is 5.01. The van der Waals surface area contributed by atoms with Crippen LogP contribution < -0.4 is 0 Å². The molecule has 1 aromatic carbocycles. The maximum Gasteiger partial charge on any atom is 0.107 e. The molecule has 0 atom stereocenters. The number of para-hydroxylation sites is 2. The quantitative estimate of drug-likeness (QED) is 0.841. The number of fused-ring (bicyclic) bond motifs is 1. The van der Waals surface area contributed by atoms with Crippen LogP contribution in [0.1, 0.15) is 19.2 Å². The number of benzene rings is 1. The molecule has 0 fully saturated rings. The summed E-state index contributed by atoms with van der Waals surface area (Å²) in [5, 5.41) is 0.839. The van der Waals surface area contributed by atoms with Crippen LogP contribution in [-0.2, 0) is 6.42 Å². The lowest BCUT2D eigenvalue weighted by molar-refractivity contribution is 0.914. The number of imidazole rings is 1. The highest BCUT2D eigenvalue weighted by atomic mass is 35.5. The van der Waals surface area contributed by atoms with Gasteiger partial charge in [-0.2, -0.15) is 0 Å². The van der Waals surface area contributed by atoms with E-state index in [4.69, 9.17) is 11.6 Å². The molecule has 1 aromatic heterocycles. The summed E-state index contributed by atoms with van der Waals surface area (Å²) in [4.78, 5) is 7.77. The molecule has 1 N–H and O–H groups in total. The van der Waals surface area contributed by atoms with Crippen LogP contribution in [0.5, 0.6) is 0 Å². The fourth-order valence-electron chi connectivity index (χ4n) is 1.53. The van der Waals surface area contributed by atoms with E-state index in [0.717, 1.165) is 34.7 Å². The van der Waals surface area contributed by atoms with Crippen molar-refractivity contribution in [1.29, 1.82) is 0 Å². The van der Waals surface area contributed by atoms with Crippen molar-refractivity contribution in [3.8, 4) is 0 Å². The largest absolute Gasteiger partial charge is 0.342 e. The molecule has 2 aromatic rings. The van der Waals surface area contributed by atoms with Gasteiger partial charge in [0.15, 0.2) is 0 Å². The van der Waals surface area contributed by atoms with E-state index in [9.17, 15) is 0 Å². The second-order valence-corrected chi connectivity index (χ2v) is 4.13. The van der Waals surface area contributed by atoms with Gasteiger partial charge in [-0.15, -0.1) is 0 Å². The number of halogens is 1. The Kier molecular flexibility index (Phi) is 3.07. The molecule has 0 bridgehead atoms. The minimum atomic E-state index is 0.839. The number of aryl methyl sites for hydroxylation is 1. The summed E-state index contributed by atoms with van der Waals surface area (Å²) in [7, 11) is 0. The first-order chi connectivity index (χ1) is 7.25. The number of rotatable bonds is 3. The predicted molar refractivity (Wildman–Crippen MR) is 64.0 cm³/mol. The molecule has 15 heavy (non-hydrogen) atoms. The van der Waals surface area contributed by atoms with Gasteiger partial charge in [-0.05, 0) is 25.5 Å². The summed E-state index contributed by atoms with van der Waals surface area (Å²) in [5.41, 5.74) is 2.12. The SMILES string of the molecule is C/C(Cl)=C/CCc1nc2ccccc2[nH]1. The fourth-order valence-corrected chi connectivity index (χ4v) is 1.64. The fraction of sp³-hybridized carbons (Fsp3) is 0.250. The smallest absolute Gasteiger partial charge is 0.107 e. The Bertz CT molecular complexity index is 448. The molecule has 0 unspecified atom stereocenters. The average Bonchev–Trinajstić information content (AvgIpc) is 2.59. The molecule has 0 radical (unpaired) electrons. The van der Waals surface area contributed by atoms with Crippen LogP contribution in [0.25, 0.3) is 11.0 Å². The van der Waals surface area contributed by atoms with Crippen molar-refractivity contribution in [2.45, 2.75) is 19.8 Å². The van der Waals surface area contributed by atoms with Gasteiger partial charge in [0, 0.05) is 11.5 Å². The molecule has 0 amide bonds. The van der Waals surface area contributed by atoms with Gasteiger partial charge in [0.25, 0.3) is 0 Å². The highest BCUT2D eigenvalue weighted by molar-refractivity contribution is 6.29.